The van der Waals surface area contributed by atoms with Gasteiger partial charge in [-0.15, -0.1) is 0 Å². The number of alkyl halides is 3. The van der Waals surface area contributed by atoms with E-state index in [2.05, 4.69) is 56.7 Å². The monoisotopic (exact) mass is 505 g/mol. The number of carbonyl (C=O) groups is 1. The molecular formula is C28H38F3N3O2. The minimum absolute atomic E-state index is 0.178. The number of halogens is 3. The van der Waals surface area contributed by atoms with Gasteiger partial charge in [0, 0.05) is 44.3 Å². The number of carbonyl (C=O) groups excluding carboxylic acids is 1. The van der Waals surface area contributed by atoms with Crippen LogP contribution < -0.4 is 4.74 Å². The van der Waals surface area contributed by atoms with Crippen LogP contribution >= 0.6 is 0 Å². The van der Waals surface area contributed by atoms with Crippen LogP contribution in [-0.2, 0) is 6.18 Å². The number of rotatable bonds is 9. The number of hydrogen-bond donors (Lipinski definition) is 0. The lowest BCUT2D eigenvalue weighted by Gasteiger charge is -2.39. The molecule has 0 N–H and O–H groups in total. The van der Waals surface area contributed by atoms with E-state index in [-0.39, 0.29) is 17.5 Å². The largest absolute Gasteiger partial charge is 0.492 e. The van der Waals surface area contributed by atoms with Crippen molar-refractivity contribution in [3.63, 3.8) is 0 Å². The highest BCUT2D eigenvalue weighted by molar-refractivity contribution is 5.94. The molecule has 0 saturated carbocycles. The first-order chi connectivity index (χ1) is 17.0. The van der Waals surface area contributed by atoms with Gasteiger partial charge in [0.15, 0.2) is 0 Å². The van der Waals surface area contributed by atoms with E-state index in [1.54, 1.807) is 4.90 Å². The zero-order valence-electron chi connectivity index (χ0n) is 22.0. The van der Waals surface area contributed by atoms with Gasteiger partial charge in [-0.05, 0) is 87.8 Å². The Balaban J connectivity index is 1.57. The third kappa shape index (κ3) is 6.79. The summed E-state index contributed by atoms with van der Waals surface area (Å²) in [4.78, 5) is 19.1. The van der Waals surface area contributed by atoms with E-state index < -0.39 is 11.7 Å². The van der Waals surface area contributed by atoms with Gasteiger partial charge in [0.25, 0.3) is 5.91 Å². The quantitative estimate of drug-likeness (QED) is 0.447. The highest BCUT2D eigenvalue weighted by Crippen LogP contribution is 2.32. The molecule has 0 aromatic heterocycles. The van der Waals surface area contributed by atoms with E-state index in [1.807, 2.05) is 0 Å². The van der Waals surface area contributed by atoms with E-state index in [0.717, 1.165) is 43.0 Å². The van der Waals surface area contributed by atoms with E-state index in [0.29, 0.717) is 32.8 Å². The van der Waals surface area contributed by atoms with Crippen LogP contribution in [0.2, 0.25) is 0 Å². The molecule has 1 unspecified atom stereocenters. The molecule has 2 aromatic carbocycles. The van der Waals surface area contributed by atoms with Crippen molar-refractivity contribution in [1.29, 1.82) is 0 Å². The van der Waals surface area contributed by atoms with Gasteiger partial charge < -0.3 is 14.5 Å². The van der Waals surface area contributed by atoms with Crippen molar-refractivity contribution in [1.82, 2.24) is 14.7 Å². The van der Waals surface area contributed by atoms with Crippen molar-refractivity contribution in [3.05, 3.63) is 64.2 Å². The predicted octanol–water partition coefficient (Wildman–Crippen LogP) is 5.56. The van der Waals surface area contributed by atoms with Crippen molar-refractivity contribution < 1.29 is 22.7 Å². The van der Waals surface area contributed by atoms with E-state index in [9.17, 15) is 18.0 Å². The summed E-state index contributed by atoms with van der Waals surface area (Å²) in [6.45, 7) is 13.6. The number of nitrogens with zero attached hydrogens (tertiary/aromatic N) is 3. The molecule has 1 aliphatic rings. The Morgan fingerprint density at radius 3 is 2.22 bits per heavy atom. The Bertz CT molecular complexity index is 1020. The first-order valence-electron chi connectivity index (χ1n) is 12.6. The number of piperazine rings is 1. The third-order valence-electron chi connectivity index (χ3n) is 7.17. The zero-order valence-corrected chi connectivity index (χ0v) is 22.0. The first-order valence-corrected chi connectivity index (χ1v) is 12.6. The summed E-state index contributed by atoms with van der Waals surface area (Å²) in [5, 5.41) is 0. The zero-order chi connectivity index (χ0) is 26.5. The van der Waals surface area contributed by atoms with Gasteiger partial charge in [-0.2, -0.15) is 13.2 Å². The maximum absolute atomic E-state index is 12.8. The number of hydrogen-bond acceptors (Lipinski definition) is 4. The number of ether oxygens (including phenoxy) is 1. The van der Waals surface area contributed by atoms with Crippen LogP contribution in [0, 0.1) is 13.8 Å². The molecule has 0 aliphatic carbocycles. The second-order valence-electron chi connectivity index (χ2n) is 9.63. The normalized spacial score (nSPS) is 15.9. The van der Waals surface area contributed by atoms with Crippen molar-refractivity contribution >= 4 is 5.91 Å². The van der Waals surface area contributed by atoms with Crippen LogP contribution in [0.15, 0.2) is 36.4 Å². The molecule has 36 heavy (non-hydrogen) atoms. The molecule has 1 saturated heterocycles. The number of amides is 1. The van der Waals surface area contributed by atoms with E-state index in [1.165, 1.54) is 23.3 Å². The Morgan fingerprint density at radius 1 is 1.00 bits per heavy atom. The molecule has 0 radical (unpaired) electrons. The van der Waals surface area contributed by atoms with Crippen molar-refractivity contribution in [2.24, 2.45) is 0 Å². The second-order valence-corrected chi connectivity index (χ2v) is 9.63. The standard InChI is InChI=1S/C28H38F3N3O2/c1-6-13-32(5)18-19-36-26-12-11-25(20(2)21(26)3)22(4)33-14-16-34(17-15-33)27(35)23-7-9-24(10-8-23)28(29,30)31/h7-12,22H,6,13-19H2,1-5H3. The predicted molar refractivity (Wildman–Crippen MR) is 137 cm³/mol. The van der Waals surface area contributed by atoms with Crippen LogP contribution in [0.25, 0.3) is 0 Å². The van der Waals surface area contributed by atoms with Crippen LogP contribution in [-0.4, -0.2) is 73.5 Å². The average Bonchev–Trinajstić information content (AvgIpc) is 2.85. The topological polar surface area (TPSA) is 36.0 Å². The number of likely N-dealkylation sites (N-methyl/N-ethyl adjacent to an activating group) is 1. The Labute approximate surface area is 212 Å². The summed E-state index contributed by atoms with van der Waals surface area (Å²) in [6, 6.07) is 8.82. The number of benzene rings is 2. The Kier molecular flexibility index (Phi) is 9.41. The lowest BCUT2D eigenvalue weighted by atomic mass is 9.96. The van der Waals surface area contributed by atoms with Crippen molar-refractivity contribution in [3.8, 4) is 5.75 Å². The van der Waals surface area contributed by atoms with Crippen LogP contribution in [0.5, 0.6) is 5.75 Å². The minimum atomic E-state index is -4.41. The lowest BCUT2D eigenvalue weighted by molar-refractivity contribution is -0.137. The van der Waals surface area contributed by atoms with Gasteiger partial charge >= 0.3 is 6.18 Å². The van der Waals surface area contributed by atoms with Crippen molar-refractivity contribution in [2.45, 2.75) is 46.3 Å². The molecule has 3 rings (SSSR count). The highest BCUT2D eigenvalue weighted by atomic mass is 19.4. The third-order valence-corrected chi connectivity index (χ3v) is 7.17. The maximum Gasteiger partial charge on any atom is 0.416 e. The van der Waals surface area contributed by atoms with Crippen molar-refractivity contribution in [2.75, 3.05) is 52.9 Å². The van der Waals surface area contributed by atoms with Gasteiger partial charge in [0.2, 0.25) is 0 Å². The Morgan fingerprint density at radius 2 is 1.64 bits per heavy atom. The molecule has 0 bridgehead atoms. The fourth-order valence-corrected chi connectivity index (χ4v) is 4.72. The van der Waals surface area contributed by atoms with Gasteiger partial charge in [-0.3, -0.25) is 9.69 Å². The summed E-state index contributed by atoms with van der Waals surface area (Å²) >= 11 is 0. The maximum atomic E-state index is 12.8. The average molecular weight is 506 g/mol. The molecule has 198 valence electrons. The molecule has 1 heterocycles. The van der Waals surface area contributed by atoms with Gasteiger partial charge in [-0.1, -0.05) is 13.0 Å². The molecule has 2 aromatic rings. The van der Waals surface area contributed by atoms with E-state index >= 15 is 0 Å². The summed E-state index contributed by atoms with van der Waals surface area (Å²) in [5.41, 5.74) is 3.14. The SMILES string of the molecule is CCCN(C)CCOc1ccc(C(C)N2CCN(C(=O)c3ccc(C(F)(F)F)cc3)CC2)c(C)c1C. The molecule has 1 atom stereocenters. The molecule has 8 heteroatoms. The molecule has 5 nitrogen and oxygen atoms in total. The fourth-order valence-electron chi connectivity index (χ4n) is 4.72. The summed E-state index contributed by atoms with van der Waals surface area (Å²) in [6.07, 6.45) is -3.28. The second kappa shape index (κ2) is 12.1. The Hall–Kier alpha value is -2.58. The smallest absolute Gasteiger partial charge is 0.416 e. The van der Waals surface area contributed by atoms with Crippen LogP contribution in [0.4, 0.5) is 13.2 Å². The molecular weight excluding hydrogens is 467 g/mol. The van der Waals surface area contributed by atoms with Gasteiger partial charge in [0.05, 0.1) is 5.56 Å². The molecule has 1 amide bonds. The fraction of sp³-hybridized carbons (Fsp3) is 0.536. The molecule has 0 spiro atoms. The van der Waals surface area contributed by atoms with Gasteiger partial charge in [-0.25, -0.2) is 0 Å². The first kappa shape index (κ1) is 28.0. The summed E-state index contributed by atoms with van der Waals surface area (Å²) < 4.78 is 44.5. The van der Waals surface area contributed by atoms with Crippen LogP contribution in [0.3, 0.4) is 0 Å². The van der Waals surface area contributed by atoms with Gasteiger partial charge in [0.1, 0.15) is 12.4 Å². The van der Waals surface area contributed by atoms with E-state index in [4.69, 9.17) is 4.74 Å². The lowest BCUT2D eigenvalue weighted by Crippen LogP contribution is -2.49. The molecule has 1 fully saturated rings. The highest BCUT2D eigenvalue weighted by Gasteiger charge is 2.31. The summed E-state index contributed by atoms with van der Waals surface area (Å²) in [5.74, 6) is 0.689. The summed E-state index contributed by atoms with van der Waals surface area (Å²) in [7, 11) is 2.10. The minimum Gasteiger partial charge on any atom is -0.492 e. The molecule has 1 aliphatic heterocycles. The van der Waals surface area contributed by atoms with Crippen LogP contribution in [0.1, 0.15) is 58.9 Å².